The molecule has 0 aliphatic heterocycles. The van der Waals surface area contributed by atoms with Crippen molar-refractivity contribution in [1.82, 2.24) is 5.43 Å². The summed E-state index contributed by atoms with van der Waals surface area (Å²) < 4.78 is 5.82. The standard InChI is InChI=1S/C25H25ClN2O2/c1-25(2,3)21-13-11-19(12-14-21)24(29)28-27-16-18-7-6-9-22(15-18)30-17-20-8-4-5-10-23(20)26/h4-16H,17H2,1-3H3,(H,28,29)/b27-16-. The number of carbonyl (C=O) groups excluding carboxylic acids is 1. The van der Waals surface area contributed by atoms with Gasteiger partial charge in [0.15, 0.2) is 0 Å². The van der Waals surface area contributed by atoms with Crippen molar-refractivity contribution < 1.29 is 9.53 Å². The van der Waals surface area contributed by atoms with E-state index in [2.05, 4.69) is 31.3 Å². The molecule has 0 aromatic heterocycles. The quantitative estimate of drug-likeness (QED) is 0.394. The van der Waals surface area contributed by atoms with Gasteiger partial charge < -0.3 is 4.74 Å². The highest BCUT2D eigenvalue weighted by Gasteiger charge is 2.14. The van der Waals surface area contributed by atoms with Crippen molar-refractivity contribution in [1.29, 1.82) is 0 Å². The molecule has 0 aliphatic carbocycles. The second kappa shape index (κ2) is 9.59. The fourth-order valence-electron chi connectivity index (χ4n) is 2.81. The maximum atomic E-state index is 12.3. The molecular weight excluding hydrogens is 396 g/mol. The van der Waals surface area contributed by atoms with Gasteiger partial charge in [-0.2, -0.15) is 5.10 Å². The Balaban J connectivity index is 1.58. The Kier molecular flexibility index (Phi) is 6.91. The van der Waals surface area contributed by atoms with E-state index in [1.165, 1.54) is 5.56 Å². The third kappa shape index (κ3) is 5.94. The molecule has 154 valence electrons. The lowest BCUT2D eigenvalue weighted by molar-refractivity contribution is 0.0955. The summed E-state index contributed by atoms with van der Waals surface area (Å²) in [6, 6.07) is 22.6. The van der Waals surface area contributed by atoms with Crippen LogP contribution in [0.1, 0.15) is 47.8 Å². The van der Waals surface area contributed by atoms with E-state index in [1.807, 2.05) is 72.8 Å². The van der Waals surface area contributed by atoms with Crippen molar-refractivity contribution in [3.8, 4) is 5.75 Å². The number of hydrazone groups is 1. The first-order valence-corrected chi connectivity index (χ1v) is 10.1. The summed E-state index contributed by atoms with van der Waals surface area (Å²) in [5, 5.41) is 4.74. The van der Waals surface area contributed by atoms with Crippen LogP contribution in [0.2, 0.25) is 5.02 Å². The Hall–Kier alpha value is -3.11. The molecule has 0 saturated heterocycles. The van der Waals surface area contributed by atoms with Crippen molar-refractivity contribution in [2.75, 3.05) is 0 Å². The predicted octanol–water partition coefficient (Wildman–Crippen LogP) is 5.98. The van der Waals surface area contributed by atoms with Gasteiger partial charge in [0.2, 0.25) is 0 Å². The molecule has 0 heterocycles. The van der Waals surface area contributed by atoms with Crippen LogP contribution in [0.3, 0.4) is 0 Å². The second-order valence-corrected chi connectivity index (χ2v) is 8.39. The predicted molar refractivity (Wildman–Crippen MR) is 122 cm³/mol. The number of hydrogen-bond donors (Lipinski definition) is 1. The first kappa shape index (κ1) is 21.6. The summed E-state index contributed by atoms with van der Waals surface area (Å²) >= 11 is 6.16. The SMILES string of the molecule is CC(C)(C)c1ccc(C(=O)N/N=C\c2cccc(OCc3ccccc3Cl)c2)cc1. The second-order valence-electron chi connectivity index (χ2n) is 7.98. The van der Waals surface area contributed by atoms with Crippen molar-refractivity contribution in [2.24, 2.45) is 5.10 Å². The maximum Gasteiger partial charge on any atom is 0.271 e. The zero-order valence-electron chi connectivity index (χ0n) is 17.4. The molecular formula is C25H25ClN2O2. The lowest BCUT2D eigenvalue weighted by atomic mass is 9.87. The van der Waals surface area contributed by atoms with E-state index in [1.54, 1.807) is 6.21 Å². The van der Waals surface area contributed by atoms with Crippen LogP contribution in [0.5, 0.6) is 5.75 Å². The molecule has 3 aromatic carbocycles. The fraction of sp³-hybridized carbons (Fsp3) is 0.200. The number of nitrogens with one attached hydrogen (secondary N) is 1. The van der Waals surface area contributed by atoms with Crippen molar-refractivity contribution >= 4 is 23.7 Å². The third-order valence-corrected chi connectivity index (χ3v) is 4.97. The number of rotatable bonds is 6. The molecule has 3 aromatic rings. The summed E-state index contributed by atoms with van der Waals surface area (Å²) in [7, 11) is 0. The van der Waals surface area contributed by atoms with Crippen LogP contribution in [-0.4, -0.2) is 12.1 Å². The summed E-state index contributed by atoms with van der Waals surface area (Å²) in [5.74, 6) is 0.445. The lowest BCUT2D eigenvalue weighted by Crippen LogP contribution is -2.18. The Bertz CT molecular complexity index is 1040. The molecule has 0 spiro atoms. The average molecular weight is 421 g/mol. The molecule has 3 rings (SSSR count). The van der Waals surface area contributed by atoms with Crippen molar-refractivity contribution in [3.05, 3.63) is 100 Å². The Morgan fingerprint density at radius 1 is 1.03 bits per heavy atom. The zero-order chi connectivity index (χ0) is 21.6. The largest absolute Gasteiger partial charge is 0.489 e. The molecule has 1 N–H and O–H groups in total. The van der Waals surface area contributed by atoms with Crippen LogP contribution < -0.4 is 10.2 Å². The van der Waals surface area contributed by atoms with Crippen LogP contribution in [0.4, 0.5) is 0 Å². The number of ether oxygens (including phenoxy) is 1. The monoisotopic (exact) mass is 420 g/mol. The molecule has 0 bridgehead atoms. The third-order valence-electron chi connectivity index (χ3n) is 4.60. The summed E-state index contributed by atoms with van der Waals surface area (Å²) in [5.41, 5.74) is 6.09. The summed E-state index contributed by atoms with van der Waals surface area (Å²) in [4.78, 5) is 12.3. The van der Waals surface area contributed by atoms with E-state index in [0.29, 0.717) is 22.9 Å². The minimum Gasteiger partial charge on any atom is -0.489 e. The number of halogens is 1. The fourth-order valence-corrected chi connectivity index (χ4v) is 3.00. The number of amides is 1. The summed E-state index contributed by atoms with van der Waals surface area (Å²) in [6.45, 7) is 6.79. The molecule has 0 radical (unpaired) electrons. The van der Waals surface area contributed by atoms with Gasteiger partial charge >= 0.3 is 0 Å². The molecule has 0 aliphatic rings. The maximum absolute atomic E-state index is 12.3. The normalized spacial score (nSPS) is 11.5. The van der Waals surface area contributed by atoms with Gasteiger partial charge in [-0.25, -0.2) is 5.43 Å². The minimum absolute atomic E-state index is 0.0477. The van der Waals surface area contributed by atoms with Gasteiger partial charge in [-0.1, -0.05) is 74.8 Å². The molecule has 30 heavy (non-hydrogen) atoms. The van der Waals surface area contributed by atoms with Gasteiger partial charge in [0.25, 0.3) is 5.91 Å². The average Bonchev–Trinajstić information content (AvgIpc) is 2.73. The molecule has 0 saturated carbocycles. The van der Waals surface area contributed by atoms with Gasteiger partial charge in [0.05, 0.1) is 6.21 Å². The Labute approximate surface area is 182 Å². The van der Waals surface area contributed by atoms with Crippen LogP contribution in [0.25, 0.3) is 0 Å². The molecule has 0 fully saturated rings. The van der Waals surface area contributed by atoms with E-state index in [-0.39, 0.29) is 11.3 Å². The molecule has 0 atom stereocenters. The van der Waals surface area contributed by atoms with E-state index in [0.717, 1.165) is 11.1 Å². The Morgan fingerprint density at radius 2 is 1.77 bits per heavy atom. The van der Waals surface area contributed by atoms with Crippen molar-refractivity contribution in [2.45, 2.75) is 32.8 Å². The topological polar surface area (TPSA) is 50.7 Å². The van der Waals surface area contributed by atoms with Gasteiger partial charge in [-0.3, -0.25) is 4.79 Å². The van der Waals surface area contributed by atoms with E-state index in [9.17, 15) is 4.79 Å². The number of benzene rings is 3. The first-order valence-electron chi connectivity index (χ1n) is 9.73. The zero-order valence-corrected chi connectivity index (χ0v) is 18.1. The van der Waals surface area contributed by atoms with E-state index >= 15 is 0 Å². The lowest BCUT2D eigenvalue weighted by Gasteiger charge is -2.18. The number of nitrogens with zero attached hydrogens (tertiary/aromatic N) is 1. The van der Waals surface area contributed by atoms with Gasteiger partial charge in [-0.05, 0) is 46.9 Å². The highest BCUT2D eigenvalue weighted by Crippen LogP contribution is 2.22. The van der Waals surface area contributed by atoms with Crippen LogP contribution in [0, 0.1) is 0 Å². The number of hydrogen-bond acceptors (Lipinski definition) is 3. The smallest absolute Gasteiger partial charge is 0.271 e. The molecule has 5 heteroatoms. The highest BCUT2D eigenvalue weighted by molar-refractivity contribution is 6.31. The number of carbonyl (C=O) groups is 1. The first-order chi connectivity index (χ1) is 14.3. The van der Waals surface area contributed by atoms with Crippen LogP contribution in [0.15, 0.2) is 77.9 Å². The Morgan fingerprint density at radius 3 is 2.47 bits per heavy atom. The van der Waals surface area contributed by atoms with Gasteiger partial charge in [-0.15, -0.1) is 0 Å². The van der Waals surface area contributed by atoms with Gasteiger partial charge in [0.1, 0.15) is 12.4 Å². The van der Waals surface area contributed by atoms with Crippen molar-refractivity contribution in [3.63, 3.8) is 0 Å². The van der Waals surface area contributed by atoms with Crippen LogP contribution in [-0.2, 0) is 12.0 Å². The van der Waals surface area contributed by atoms with E-state index in [4.69, 9.17) is 16.3 Å². The highest BCUT2D eigenvalue weighted by atomic mass is 35.5. The van der Waals surface area contributed by atoms with Crippen LogP contribution >= 0.6 is 11.6 Å². The minimum atomic E-state index is -0.252. The van der Waals surface area contributed by atoms with Gasteiger partial charge in [0, 0.05) is 16.1 Å². The molecule has 0 unspecified atom stereocenters. The molecule has 4 nitrogen and oxygen atoms in total. The molecule has 1 amide bonds. The summed E-state index contributed by atoms with van der Waals surface area (Å²) in [6.07, 6.45) is 1.59. The van der Waals surface area contributed by atoms with E-state index < -0.39 is 0 Å².